The second-order valence-corrected chi connectivity index (χ2v) is 3.78. The highest BCUT2D eigenvalue weighted by Crippen LogP contribution is 2.12. The van der Waals surface area contributed by atoms with E-state index in [0.29, 0.717) is 18.8 Å². The Morgan fingerprint density at radius 2 is 2.38 bits per heavy atom. The lowest BCUT2D eigenvalue weighted by Crippen LogP contribution is -2.33. The summed E-state index contributed by atoms with van der Waals surface area (Å²) in [5.41, 5.74) is 0.227. The molecule has 1 rings (SSSR count). The number of ether oxygens (including phenoxy) is 2. The minimum atomic E-state index is -1.60. The van der Waals surface area contributed by atoms with Gasteiger partial charge < -0.3 is 19.9 Å². The molecule has 1 saturated heterocycles. The van der Waals surface area contributed by atoms with Gasteiger partial charge in [-0.25, -0.2) is 4.79 Å². The molecular weight excluding hydrogens is 212 g/mol. The second-order valence-electron chi connectivity index (χ2n) is 3.78. The van der Waals surface area contributed by atoms with Crippen molar-refractivity contribution in [1.29, 1.82) is 5.26 Å². The lowest BCUT2D eigenvalue weighted by molar-refractivity contribution is -0.190. The zero-order chi connectivity index (χ0) is 12.2. The SMILES string of the molecule is CC(C)(O)OC(=O)/C(C#N)=C1/COCCN1. The van der Waals surface area contributed by atoms with Gasteiger partial charge in [0, 0.05) is 20.4 Å². The van der Waals surface area contributed by atoms with Crippen LogP contribution in [0.1, 0.15) is 13.8 Å². The third-order valence-corrected chi connectivity index (χ3v) is 1.79. The van der Waals surface area contributed by atoms with Gasteiger partial charge in [0.2, 0.25) is 5.79 Å². The average Bonchev–Trinajstić information content (AvgIpc) is 2.17. The Labute approximate surface area is 93.5 Å². The lowest BCUT2D eigenvalue weighted by Gasteiger charge is -2.21. The van der Waals surface area contributed by atoms with Crippen LogP contribution >= 0.6 is 0 Å². The lowest BCUT2D eigenvalue weighted by atomic mass is 10.2. The molecule has 6 heteroatoms. The van der Waals surface area contributed by atoms with Crippen LogP contribution in [-0.4, -0.2) is 36.6 Å². The average molecular weight is 226 g/mol. The smallest absolute Gasteiger partial charge is 0.353 e. The van der Waals surface area contributed by atoms with Crippen molar-refractivity contribution in [2.75, 3.05) is 19.8 Å². The Balaban J connectivity index is 2.82. The van der Waals surface area contributed by atoms with Crippen molar-refractivity contribution >= 4 is 5.97 Å². The fourth-order valence-electron chi connectivity index (χ4n) is 1.17. The summed E-state index contributed by atoms with van der Waals surface area (Å²) in [6.45, 7) is 3.87. The van der Waals surface area contributed by atoms with Gasteiger partial charge in [-0.2, -0.15) is 5.26 Å². The first-order valence-corrected chi connectivity index (χ1v) is 4.84. The summed E-state index contributed by atoms with van der Waals surface area (Å²) in [5.74, 6) is -2.46. The van der Waals surface area contributed by atoms with Crippen molar-refractivity contribution in [2.24, 2.45) is 0 Å². The molecule has 1 aliphatic heterocycles. The molecule has 0 unspecified atom stereocenters. The Bertz CT molecular complexity index is 341. The zero-order valence-electron chi connectivity index (χ0n) is 9.24. The topological polar surface area (TPSA) is 91.6 Å². The summed E-state index contributed by atoms with van der Waals surface area (Å²) in [6.07, 6.45) is 0. The van der Waals surface area contributed by atoms with E-state index in [9.17, 15) is 9.90 Å². The standard InChI is InChI=1S/C10H14N2O4/c1-10(2,14)16-9(13)7(5-11)8-6-15-4-3-12-8/h12,14H,3-4,6H2,1-2H3/b8-7-. The maximum atomic E-state index is 11.5. The minimum absolute atomic E-state index is 0.165. The van der Waals surface area contributed by atoms with Crippen LogP contribution in [-0.2, 0) is 14.3 Å². The van der Waals surface area contributed by atoms with Gasteiger partial charge in [0.15, 0.2) is 5.57 Å². The van der Waals surface area contributed by atoms with E-state index in [0.717, 1.165) is 0 Å². The summed E-state index contributed by atoms with van der Waals surface area (Å²) < 4.78 is 9.79. The molecule has 1 heterocycles. The number of esters is 1. The van der Waals surface area contributed by atoms with Crippen molar-refractivity contribution in [3.05, 3.63) is 11.3 Å². The van der Waals surface area contributed by atoms with E-state index in [1.54, 1.807) is 6.07 Å². The highest BCUT2D eigenvalue weighted by Gasteiger charge is 2.25. The molecule has 6 nitrogen and oxygen atoms in total. The van der Waals surface area contributed by atoms with Crippen molar-refractivity contribution in [1.82, 2.24) is 5.32 Å². The Morgan fingerprint density at radius 1 is 1.69 bits per heavy atom. The molecular formula is C10H14N2O4. The number of nitriles is 1. The van der Waals surface area contributed by atoms with Crippen molar-refractivity contribution in [2.45, 2.75) is 19.6 Å². The van der Waals surface area contributed by atoms with Crippen molar-refractivity contribution < 1.29 is 19.4 Å². The van der Waals surface area contributed by atoms with Crippen LogP contribution in [0.5, 0.6) is 0 Å². The number of aliphatic hydroxyl groups is 1. The van der Waals surface area contributed by atoms with Gasteiger partial charge in [0.25, 0.3) is 0 Å². The van der Waals surface area contributed by atoms with Crippen LogP contribution in [0, 0.1) is 11.3 Å². The molecule has 0 aliphatic carbocycles. The predicted molar refractivity (Wildman–Crippen MR) is 53.9 cm³/mol. The number of hydrogen-bond donors (Lipinski definition) is 2. The van der Waals surface area contributed by atoms with E-state index >= 15 is 0 Å². The van der Waals surface area contributed by atoms with Gasteiger partial charge in [-0.1, -0.05) is 0 Å². The summed E-state index contributed by atoms with van der Waals surface area (Å²) in [5, 5.41) is 21.1. The molecule has 0 aromatic heterocycles. The number of nitrogens with zero attached hydrogens (tertiary/aromatic N) is 1. The van der Waals surface area contributed by atoms with Gasteiger partial charge in [-0.3, -0.25) is 0 Å². The molecule has 1 fully saturated rings. The first-order valence-electron chi connectivity index (χ1n) is 4.84. The van der Waals surface area contributed by atoms with Gasteiger partial charge >= 0.3 is 5.97 Å². The monoisotopic (exact) mass is 226 g/mol. The second kappa shape index (κ2) is 4.96. The largest absolute Gasteiger partial charge is 0.430 e. The maximum Gasteiger partial charge on any atom is 0.353 e. The van der Waals surface area contributed by atoms with Gasteiger partial charge in [0.05, 0.1) is 18.9 Å². The third kappa shape index (κ3) is 3.53. The number of rotatable bonds is 2. The van der Waals surface area contributed by atoms with Crippen LogP contribution in [0.15, 0.2) is 11.3 Å². The highest BCUT2D eigenvalue weighted by atomic mass is 16.7. The maximum absolute atomic E-state index is 11.5. The van der Waals surface area contributed by atoms with Gasteiger partial charge in [-0.15, -0.1) is 0 Å². The van der Waals surface area contributed by atoms with Crippen LogP contribution in [0.4, 0.5) is 0 Å². The minimum Gasteiger partial charge on any atom is -0.430 e. The molecule has 0 bridgehead atoms. The van der Waals surface area contributed by atoms with Gasteiger partial charge in [-0.05, 0) is 0 Å². The van der Waals surface area contributed by atoms with E-state index in [1.165, 1.54) is 13.8 Å². The fraction of sp³-hybridized carbons (Fsp3) is 0.600. The quantitative estimate of drug-likeness (QED) is 0.289. The number of nitrogens with one attached hydrogen (secondary N) is 1. The Hall–Kier alpha value is -1.58. The molecule has 88 valence electrons. The van der Waals surface area contributed by atoms with Crippen LogP contribution in [0.3, 0.4) is 0 Å². The molecule has 0 aromatic rings. The Morgan fingerprint density at radius 3 is 2.81 bits per heavy atom. The molecule has 1 aliphatic rings. The van der Waals surface area contributed by atoms with E-state index in [1.807, 2.05) is 0 Å². The van der Waals surface area contributed by atoms with E-state index in [4.69, 9.17) is 10.00 Å². The number of carbonyl (C=O) groups is 1. The first kappa shape index (κ1) is 12.5. The molecule has 0 atom stereocenters. The summed E-state index contributed by atoms with van der Waals surface area (Å²) >= 11 is 0. The summed E-state index contributed by atoms with van der Waals surface area (Å²) in [6, 6.07) is 1.75. The predicted octanol–water partition coefficient (Wildman–Crippen LogP) is -0.345. The fourth-order valence-corrected chi connectivity index (χ4v) is 1.17. The number of carbonyl (C=O) groups excluding carboxylic acids is 1. The van der Waals surface area contributed by atoms with E-state index < -0.39 is 11.8 Å². The normalized spacial score (nSPS) is 19.4. The Kier molecular flexibility index (Phi) is 3.88. The van der Waals surface area contributed by atoms with Crippen LogP contribution in [0.2, 0.25) is 0 Å². The highest BCUT2D eigenvalue weighted by molar-refractivity contribution is 5.93. The van der Waals surface area contributed by atoms with Crippen LogP contribution in [0.25, 0.3) is 0 Å². The van der Waals surface area contributed by atoms with Crippen LogP contribution < -0.4 is 5.32 Å². The molecule has 0 saturated carbocycles. The number of hydrogen-bond acceptors (Lipinski definition) is 6. The molecule has 0 spiro atoms. The van der Waals surface area contributed by atoms with Gasteiger partial charge in [0.1, 0.15) is 6.07 Å². The molecule has 16 heavy (non-hydrogen) atoms. The molecule has 0 radical (unpaired) electrons. The number of morpholine rings is 1. The molecule has 2 N–H and O–H groups in total. The summed E-state index contributed by atoms with van der Waals surface area (Å²) in [7, 11) is 0. The molecule has 0 aromatic carbocycles. The van der Waals surface area contributed by atoms with E-state index in [2.05, 4.69) is 10.1 Å². The third-order valence-electron chi connectivity index (χ3n) is 1.79. The molecule has 0 amide bonds. The zero-order valence-corrected chi connectivity index (χ0v) is 9.24. The van der Waals surface area contributed by atoms with Crippen molar-refractivity contribution in [3.8, 4) is 6.07 Å². The first-order chi connectivity index (χ1) is 7.44. The van der Waals surface area contributed by atoms with E-state index in [-0.39, 0.29) is 12.2 Å². The summed E-state index contributed by atoms with van der Waals surface area (Å²) in [4.78, 5) is 11.5. The van der Waals surface area contributed by atoms with Crippen molar-refractivity contribution in [3.63, 3.8) is 0 Å².